The molecule has 0 radical (unpaired) electrons. The average molecular weight is 309 g/mol. The van der Waals surface area contributed by atoms with Gasteiger partial charge in [0.15, 0.2) is 5.69 Å². The van der Waals surface area contributed by atoms with Gasteiger partial charge >= 0.3 is 5.97 Å². The summed E-state index contributed by atoms with van der Waals surface area (Å²) in [4.78, 5) is 15.5. The smallest absolute Gasteiger partial charge is 0.359 e. The summed E-state index contributed by atoms with van der Waals surface area (Å²) < 4.78 is 5.64. The van der Waals surface area contributed by atoms with Gasteiger partial charge in [-0.25, -0.2) is 9.78 Å². The Balaban J connectivity index is 2.48. The Morgan fingerprint density at radius 3 is 2.71 bits per heavy atom. The van der Waals surface area contributed by atoms with E-state index in [-0.39, 0.29) is 5.69 Å². The number of halogens is 2. The highest BCUT2D eigenvalue weighted by atomic mass is 35.5. The van der Waals surface area contributed by atoms with Gasteiger partial charge in [-0.05, 0) is 6.07 Å². The summed E-state index contributed by atoms with van der Waals surface area (Å²) in [5.41, 5.74) is 6.47. The first kappa shape index (κ1) is 12.6. The first-order valence-electron chi connectivity index (χ1n) is 4.32. The van der Waals surface area contributed by atoms with Crippen LogP contribution >= 0.6 is 45.9 Å². The van der Waals surface area contributed by atoms with Crippen molar-refractivity contribution in [2.75, 3.05) is 12.8 Å². The van der Waals surface area contributed by atoms with Crippen LogP contribution in [0.3, 0.4) is 0 Å². The molecule has 2 N–H and O–H groups in total. The zero-order valence-electron chi connectivity index (χ0n) is 8.49. The van der Waals surface area contributed by atoms with Gasteiger partial charge in [0.1, 0.15) is 14.3 Å². The molecule has 0 saturated heterocycles. The molecule has 0 saturated carbocycles. The Morgan fingerprint density at radius 1 is 1.47 bits per heavy atom. The monoisotopic (exact) mass is 308 g/mol. The van der Waals surface area contributed by atoms with Gasteiger partial charge in [0.2, 0.25) is 0 Å². The Bertz CT molecular complexity index is 580. The van der Waals surface area contributed by atoms with Gasteiger partial charge in [0.25, 0.3) is 0 Å². The second-order valence-corrected chi connectivity index (χ2v) is 6.28. The summed E-state index contributed by atoms with van der Waals surface area (Å²) in [6.07, 6.45) is 0. The lowest BCUT2D eigenvalue weighted by Gasteiger charge is -1.93. The van der Waals surface area contributed by atoms with Gasteiger partial charge in [-0.15, -0.1) is 11.3 Å². The van der Waals surface area contributed by atoms with Crippen molar-refractivity contribution in [2.45, 2.75) is 0 Å². The topological polar surface area (TPSA) is 65.2 Å². The number of nitrogens with zero attached hydrogens (tertiary/aromatic N) is 1. The van der Waals surface area contributed by atoms with Crippen LogP contribution in [-0.4, -0.2) is 18.1 Å². The van der Waals surface area contributed by atoms with E-state index in [1.807, 2.05) is 0 Å². The first-order chi connectivity index (χ1) is 8.02. The molecule has 2 rings (SSSR count). The van der Waals surface area contributed by atoms with Crippen molar-refractivity contribution < 1.29 is 9.53 Å². The Labute approximate surface area is 115 Å². The molecule has 0 aliphatic rings. The van der Waals surface area contributed by atoms with E-state index in [0.29, 0.717) is 24.2 Å². The fourth-order valence-electron chi connectivity index (χ4n) is 1.18. The van der Waals surface area contributed by atoms with Gasteiger partial charge < -0.3 is 10.5 Å². The molecule has 2 heterocycles. The van der Waals surface area contributed by atoms with E-state index in [4.69, 9.17) is 28.9 Å². The molecule has 90 valence electrons. The molecule has 2 aromatic rings. The van der Waals surface area contributed by atoms with Crippen molar-refractivity contribution in [1.82, 2.24) is 4.98 Å². The van der Waals surface area contributed by atoms with E-state index in [2.05, 4.69) is 9.72 Å². The summed E-state index contributed by atoms with van der Waals surface area (Å²) >= 11 is 14.2. The quantitative estimate of drug-likeness (QED) is 0.862. The molecule has 0 aliphatic heterocycles. The minimum atomic E-state index is -0.567. The number of methoxy groups -OCH3 is 1. The van der Waals surface area contributed by atoms with Gasteiger partial charge in [0.05, 0.1) is 11.4 Å². The van der Waals surface area contributed by atoms with Crippen molar-refractivity contribution in [3.8, 4) is 10.6 Å². The Kier molecular flexibility index (Phi) is 3.58. The lowest BCUT2D eigenvalue weighted by atomic mass is 10.3. The van der Waals surface area contributed by atoms with E-state index in [9.17, 15) is 4.79 Å². The summed E-state index contributed by atoms with van der Waals surface area (Å²) in [6.45, 7) is 0. The third-order valence-corrected chi connectivity index (χ3v) is 4.32. The van der Waals surface area contributed by atoms with Crippen LogP contribution < -0.4 is 5.73 Å². The molecule has 0 fully saturated rings. The molecule has 0 atom stereocenters. The molecule has 0 spiro atoms. The average Bonchev–Trinajstić information content (AvgIpc) is 2.80. The molecule has 0 unspecified atom stereocenters. The number of thiophene rings is 1. The van der Waals surface area contributed by atoms with Crippen molar-refractivity contribution in [3.05, 3.63) is 20.4 Å². The summed E-state index contributed by atoms with van der Waals surface area (Å²) in [5.74, 6) is -0.567. The van der Waals surface area contributed by atoms with Crippen LogP contribution in [0.5, 0.6) is 0 Å². The number of carbonyl (C=O) groups excluding carboxylic acids is 1. The highest BCUT2D eigenvalue weighted by molar-refractivity contribution is 7.22. The largest absolute Gasteiger partial charge is 0.464 e. The van der Waals surface area contributed by atoms with E-state index in [1.54, 1.807) is 6.07 Å². The number of rotatable bonds is 2. The van der Waals surface area contributed by atoms with Crippen molar-refractivity contribution >= 4 is 56.8 Å². The molecular formula is C9H6Cl2N2O2S2. The van der Waals surface area contributed by atoms with Gasteiger partial charge in [-0.1, -0.05) is 34.5 Å². The van der Waals surface area contributed by atoms with Crippen LogP contribution in [0.2, 0.25) is 8.67 Å². The molecule has 0 aromatic carbocycles. The number of anilines is 1. The summed E-state index contributed by atoms with van der Waals surface area (Å²) in [6, 6.07) is 1.69. The number of esters is 1. The molecular weight excluding hydrogens is 303 g/mol. The van der Waals surface area contributed by atoms with Gasteiger partial charge in [-0.3, -0.25) is 0 Å². The Hall–Kier alpha value is -0.820. The van der Waals surface area contributed by atoms with Crippen molar-refractivity contribution in [1.29, 1.82) is 0 Å². The lowest BCUT2D eigenvalue weighted by Crippen LogP contribution is -2.04. The van der Waals surface area contributed by atoms with Crippen LogP contribution in [0.15, 0.2) is 6.07 Å². The van der Waals surface area contributed by atoms with E-state index in [1.165, 1.54) is 29.8 Å². The van der Waals surface area contributed by atoms with E-state index < -0.39 is 5.97 Å². The van der Waals surface area contributed by atoms with Gasteiger partial charge in [0, 0.05) is 5.56 Å². The predicted octanol–water partition coefficient (Wildman–Crippen LogP) is 3.55. The number of thiazole rings is 1. The standard InChI is InChI=1S/C9H6Cl2N2O2S2/c1-15-9(14)5-7(12)17-8(13-5)3-2-4(10)16-6(3)11/h2H,12H2,1H3. The minimum Gasteiger partial charge on any atom is -0.464 e. The van der Waals surface area contributed by atoms with Crippen molar-refractivity contribution in [2.24, 2.45) is 0 Å². The number of carbonyl (C=O) groups is 1. The minimum absolute atomic E-state index is 0.103. The maximum absolute atomic E-state index is 11.4. The fourth-order valence-corrected chi connectivity index (χ4v) is 3.60. The number of hydrogen-bond donors (Lipinski definition) is 1. The second kappa shape index (κ2) is 4.81. The number of nitrogens with two attached hydrogens (primary N) is 1. The zero-order valence-corrected chi connectivity index (χ0v) is 11.6. The maximum Gasteiger partial charge on any atom is 0.359 e. The summed E-state index contributed by atoms with van der Waals surface area (Å²) in [7, 11) is 1.27. The van der Waals surface area contributed by atoms with Crippen LogP contribution in [0, 0.1) is 0 Å². The number of nitrogen functional groups attached to an aromatic ring is 1. The molecule has 0 aliphatic carbocycles. The number of ether oxygens (including phenoxy) is 1. The SMILES string of the molecule is COC(=O)c1nc(-c2cc(Cl)sc2Cl)sc1N. The second-order valence-electron chi connectivity index (χ2n) is 2.96. The first-order valence-corrected chi connectivity index (χ1v) is 6.71. The molecule has 4 nitrogen and oxygen atoms in total. The molecule has 8 heteroatoms. The molecule has 0 amide bonds. The third kappa shape index (κ3) is 2.40. The highest BCUT2D eigenvalue weighted by Gasteiger charge is 2.20. The van der Waals surface area contributed by atoms with E-state index >= 15 is 0 Å². The van der Waals surface area contributed by atoms with Crippen LogP contribution in [-0.2, 0) is 4.74 Å². The Morgan fingerprint density at radius 2 is 2.18 bits per heavy atom. The number of aromatic nitrogens is 1. The molecule has 0 bridgehead atoms. The van der Waals surface area contributed by atoms with Crippen LogP contribution in [0.4, 0.5) is 5.00 Å². The number of hydrogen-bond acceptors (Lipinski definition) is 6. The van der Waals surface area contributed by atoms with E-state index in [0.717, 1.165) is 0 Å². The van der Waals surface area contributed by atoms with Gasteiger partial charge in [-0.2, -0.15) is 0 Å². The zero-order chi connectivity index (χ0) is 12.6. The third-order valence-electron chi connectivity index (χ3n) is 1.92. The normalized spacial score (nSPS) is 10.5. The molecule has 2 aromatic heterocycles. The predicted molar refractivity (Wildman–Crippen MR) is 71.2 cm³/mol. The van der Waals surface area contributed by atoms with Crippen LogP contribution in [0.25, 0.3) is 10.6 Å². The highest BCUT2D eigenvalue weighted by Crippen LogP contribution is 2.41. The molecule has 17 heavy (non-hydrogen) atoms. The fraction of sp³-hybridized carbons (Fsp3) is 0.111. The van der Waals surface area contributed by atoms with Crippen molar-refractivity contribution in [3.63, 3.8) is 0 Å². The lowest BCUT2D eigenvalue weighted by molar-refractivity contribution is 0.0596. The summed E-state index contributed by atoms with van der Waals surface area (Å²) in [5, 5.41) is 0.848. The maximum atomic E-state index is 11.4. The van der Waals surface area contributed by atoms with Crippen LogP contribution in [0.1, 0.15) is 10.5 Å².